The minimum Gasteiger partial charge on any atom is -0.398 e. The summed E-state index contributed by atoms with van der Waals surface area (Å²) >= 11 is 6.07. The van der Waals surface area contributed by atoms with Gasteiger partial charge in [0.25, 0.3) is 0 Å². The minimum atomic E-state index is -0.367. The van der Waals surface area contributed by atoms with Crippen molar-refractivity contribution in [2.75, 3.05) is 5.73 Å². The van der Waals surface area contributed by atoms with Crippen LogP contribution in [0.3, 0.4) is 0 Å². The first-order chi connectivity index (χ1) is 10.1. The summed E-state index contributed by atoms with van der Waals surface area (Å²) in [6, 6.07) is 10.1. The molecule has 108 valence electrons. The number of hydrogen-bond acceptors (Lipinski definition) is 2. The number of nitrogens with zero attached hydrogens (tertiary/aromatic N) is 2. The monoisotopic (exact) mass is 303 g/mol. The molecule has 5 heteroatoms. The van der Waals surface area contributed by atoms with Crippen molar-refractivity contribution in [1.29, 1.82) is 0 Å². The van der Waals surface area contributed by atoms with E-state index in [9.17, 15) is 4.39 Å². The van der Waals surface area contributed by atoms with Crippen LogP contribution in [0.5, 0.6) is 0 Å². The number of halogens is 2. The molecule has 1 heterocycles. The lowest BCUT2D eigenvalue weighted by atomic mass is 10.1. The second-order valence-electron chi connectivity index (χ2n) is 4.92. The summed E-state index contributed by atoms with van der Waals surface area (Å²) in [5.41, 5.74) is 8.35. The summed E-state index contributed by atoms with van der Waals surface area (Å²) < 4.78 is 16.2. The fourth-order valence-electron chi connectivity index (χ4n) is 2.51. The predicted octanol–water partition coefficient (Wildman–Crippen LogP) is 4.49. The third kappa shape index (κ3) is 2.36. The van der Waals surface area contributed by atoms with Crippen molar-refractivity contribution in [2.24, 2.45) is 0 Å². The Hall–Kier alpha value is -2.07. The molecule has 0 saturated carbocycles. The molecule has 2 aromatic carbocycles. The zero-order chi connectivity index (χ0) is 15.0. The number of fused-ring (bicyclic) bond motifs is 1. The van der Waals surface area contributed by atoms with Crippen LogP contribution < -0.4 is 5.73 Å². The van der Waals surface area contributed by atoms with Crippen molar-refractivity contribution in [3.8, 4) is 11.4 Å². The fraction of sp³-hybridized carbons (Fsp3) is 0.188. The highest BCUT2D eigenvalue weighted by Crippen LogP contribution is 2.32. The fourth-order valence-corrected chi connectivity index (χ4v) is 2.68. The van der Waals surface area contributed by atoms with Gasteiger partial charge in [-0.2, -0.15) is 0 Å². The van der Waals surface area contributed by atoms with Crippen LogP contribution in [0.1, 0.15) is 13.3 Å². The smallest absolute Gasteiger partial charge is 0.146 e. The first-order valence-corrected chi connectivity index (χ1v) is 7.19. The van der Waals surface area contributed by atoms with Crippen LogP contribution in [0.2, 0.25) is 5.02 Å². The van der Waals surface area contributed by atoms with Gasteiger partial charge in [-0.15, -0.1) is 0 Å². The normalized spacial score (nSPS) is 11.2. The molecule has 0 fully saturated rings. The number of anilines is 1. The highest BCUT2D eigenvalue weighted by molar-refractivity contribution is 6.31. The van der Waals surface area contributed by atoms with Gasteiger partial charge in [0.15, 0.2) is 0 Å². The van der Waals surface area contributed by atoms with Crippen LogP contribution in [0, 0.1) is 5.82 Å². The van der Waals surface area contributed by atoms with E-state index in [0.29, 0.717) is 22.1 Å². The number of nitrogen functional groups attached to an aromatic ring is 1. The number of nitrogens with two attached hydrogens (primary N) is 1. The molecule has 1 aromatic heterocycles. The van der Waals surface area contributed by atoms with E-state index >= 15 is 0 Å². The average molecular weight is 304 g/mol. The van der Waals surface area contributed by atoms with E-state index in [1.54, 1.807) is 18.2 Å². The maximum Gasteiger partial charge on any atom is 0.146 e. The number of benzene rings is 2. The number of hydrogen-bond donors (Lipinski definition) is 1. The molecule has 0 bridgehead atoms. The Morgan fingerprint density at radius 1 is 1.29 bits per heavy atom. The second-order valence-corrected chi connectivity index (χ2v) is 5.36. The van der Waals surface area contributed by atoms with Crippen molar-refractivity contribution in [3.05, 3.63) is 47.2 Å². The van der Waals surface area contributed by atoms with E-state index in [1.807, 2.05) is 16.7 Å². The van der Waals surface area contributed by atoms with Gasteiger partial charge in [-0.1, -0.05) is 24.6 Å². The Balaban J connectivity index is 2.34. The third-order valence-corrected chi connectivity index (χ3v) is 3.66. The Morgan fingerprint density at radius 3 is 2.81 bits per heavy atom. The number of imidazole rings is 1. The Kier molecular flexibility index (Phi) is 3.55. The van der Waals surface area contributed by atoms with Gasteiger partial charge in [-0.25, -0.2) is 9.37 Å². The molecule has 0 radical (unpaired) electrons. The lowest BCUT2D eigenvalue weighted by Crippen LogP contribution is -2.03. The van der Waals surface area contributed by atoms with Gasteiger partial charge in [0.05, 0.1) is 16.6 Å². The molecule has 0 spiro atoms. The first-order valence-electron chi connectivity index (χ1n) is 6.82. The minimum absolute atomic E-state index is 0.346. The molecule has 0 aliphatic rings. The zero-order valence-electron chi connectivity index (χ0n) is 11.6. The molecule has 2 N–H and O–H groups in total. The lowest BCUT2D eigenvalue weighted by molar-refractivity contribution is 0.626. The molecule has 0 saturated heterocycles. The largest absolute Gasteiger partial charge is 0.398 e. The van der Waals surface area contributed by atoms with Crippen LogP contribution in [0.15, 0.2) is 36.4 Å². The average Bonchev–Trinajstić information content (AvgIpc) is 2.78. The summed E-state index contributed by atoms with van der Waals surface area (Å²) in [5, 5.41) is 0.632. The maximum absolute atomic E-state index is 14.2. The summed E-state index contributed by atoms with van der Waals surface area (Å²) in [7, 11) is 0. The van der Waals surface area contributed by atoms with Crippen LogP contribution >= 0.6 is 11.6 Å². The summed E-state index contributed by atoms with van der Waals surface area (Å²) in [6.07, 6.45) is 0.902. The number of aryl methyl sites for hydroxylation is 1. The maximum atomic E-state index is 14.2. The quantitative estimate of drug-likeness (QED) is 0.725. The first kappa shape index (κ1) is 13.9. The van der Waals surface area contributed by atoms with Gasteiger partial charge in [-0.05, 0) is 36.8 Å². The van der Waals surface area contributed by atoms with Crippen molar-refractivity contribution in [3.63, 3.8) is 0 Å². The van der Waals surface area contributed by atoms with Crippen LogP contribution in [0.25, 0.3) is 22.4 Å². The van der Waals surface area contributed by atoms with E-state index in [1.165, 1.54) is 6.07 Å². The van der Waals surface area contributed by atoms with E-state index in [0.717, 1.165) is 24.0 Å². The van der Waals surface area contributed by atoms with Crippen molar-refractivity contribution in [2.45, 2.75) is 19.9 Å². The van der Waals surface area contributed by atoms with Crippen molar-refractivity contribution in [1.82, 2.24) is 9.55 Å². The molecule has 0 atom stereocenters. The summed E-state index contributed by atoms with van der Waals surface area (Å²) in [6.45, 7) is 2.78. The summed E-state index contributed by atoms with van der Waals surface area (Å²) in [5.74, 6) is 0.179. The predicted molar refractivity (Wildman–Crippen MR) is 84.8 cm³/mol. The van der Waals surface area contributed by atoms with Crippen LogP contribution in [0.4, 0.5) is 10.1 Å². The second kappa shape index (κ2) is 5.37. The van der Waals surface area contributed by atoms with E-state index in [4.69, 9.17) is 17.3 Å². The van der Waals surface area contributed by atoms with Gasteiger partial charge in [0, 0.05) is 17.3 Å². The molecule has 0 unspecified atom stereocenters. The van der Waals surface area contributed by atoms with Gasteiger partial charge < -0.3 is 10.3 Å². The van der Waals surface area contributed by atoms with Gasteiger partial charge in [-0.3, -0.25) is 0 Å². The van der Waals surface area contributed by atoms with E-state index in [-0.39, 0.29) is 5.82 Å². The van der Waals surface area contributed by atoms with Crippen molar-refractivity contribution < 1.29 is 4.39 Å². The molecule has 0 amide bonds. The van der Waals surface area contributed by atoms with Gasteiger partial charge in [0.1, 0.15) is 11.6 Å². The summed E-state index contributed by atoms with van der Waals surface area (Å²) in [4.78, 5) is 4.55. The zero-order valence-corrected chi connectivity index (χ0v) is 12.4. The van der Waals surface area contributed by atoms with Gasteiger partial charge in [0.2, 0.25) is 0 Å². The van der Waals surface area contributed by atoms with Gasteiger partial charge >= 0.3 is 0 Å². The highest BCUT2D eigenvalue weighted by atomic mass is 35.5. The molecule has 3 nitrogen and oxygen atoms in total. The molecular formula is C16H15ClFN3. The molecule has 3 rings (SSSR count). The lowest BCUT2D eigenvalue weighted by Gasteiger charge is -2.10. The number of aromatic nitrogens is 2. The SMILES string of the molecule is CCCn1c(-c2c(N)cccc2F)nc2ccc(Cl)cc21. The van der Waals surface area contributed by atoms with E-state index < -0.39 is 0 Å². The number of rotatable bonds is 3. The van der Waals surface area contributed by atoms with Crippen LogP contribution in [-0.4, -0.2) is 9.55 Å². The van der Waals surface area contributed by atoms with E-state index in [2.05, 4.69) is 11.9 Å². The Bertz CT molecular complexity index is 790. The molecule has 21 heavy (non-hydrogen) atoms. The molecule has 0 aliphatic heterocycles. The Labute approximate surface area is 127 Å². The van der Waals surface area contributed by atoms with Crippen molar-refractivity contribution >= 4 is 28.3 Å². The van der Waals surface area contributed by atoms with Crippen LogP contribution in [-0.2, 0) is 6.54 Å². The molecule has 0 aliphatic carbocycles. The highest BCUT2D eigenvalue weighted by Gasteiger charge is 2.18. The third-order valence-electron chi connectivity index (χ3n) is 3.43. The topological polar surface area (TPSA) is 43.8 Å². The standard InChI is InChI=1S/C16H15ClFN3/c1-2-8-21-14-9-10(17)6-7-13(14)20-16(21)15-11(18)4-3-5-12(15)19/h3-7,9H,2,8,19H2,1H3. The Morgan fingerprint density at radius 2 is 2.10 bits per heavy atom. The molecular weight excluding hydrogens is 289 g/mol. The molecule has 3 aromatic rings.